The minimum atomic E-state index is -0.582. The Morgan fingerprint density at radius 1 is 0.923 bits per heavy atom. The summed E-state index contributed by atoms with van der Waals surface area (Å²) in [6.45, 7) is 2.65. The molecular formula is C20H30O6. The maximum absolute atomic E-state index is 11.8. The number of hydrogen-bond acceptors (Lipinski definition) is 6. The molecule has 6 heteroatoms. The lowest BCUT2D eigenvalue weighted by Gasteiger charge is -2.17. The van der Waals surface area contributed by atoms with Gasteiger partial charge in [-0.2, -0.15) is 0 Å². The Morgan fingerprint density at radius 3 is 2.23 bits per heavy atom. The molecule has 0 N–H and O–H groups in total. The van der Waals surface area contributed by atoms with Gasteiger partial charge in [-0.25, -0.2) is 4.79 Å². The monoisotopic (exact) mass is 366 g/mol. The van der Waals surface area contributed by atoms with Gasteiger partial charge in [-0.15, -0.1) is 0 Å². The van der Waals surface area contributed by atoms with Crippen molar-refractivity contribution in [3.05, 3.63) is 24.3 Å². The minimum Gasteiger partial charge on any atom is -0.494 e. The molecule has 1 aromatic rings. The van der Waals surface area contributed by atoms with E-state index in [1.54, 1.807) is 12.1 Å². The Labute approximate surface area is 155 Å². The molecule has 0 aliphatic rings. The predicted molar refractivity (Wildman–Crippen MR) is 98.4 cm³/mol. The van der Waals surface area contributed by atoms with Crippen LogP contribution in [0.5, 0.6) is 11.5 Å². The summed E-state index contributed by atoms with van der Waals surface area (Å²) < 4.78 is 20.8. The summed E-state index contributed by atoms with van der Waals surface area (Å²) >= 11 is 0. The number of carbonyl (C=O) groups excluding carboxylic acids is 2. The van der Waals surface area contributed by atoms with Gasteiger partial charge in [0.05, 0.1) is 20.8 Å². The third-order valence-electron chi connectivity index (χ3n) is 3.91. The second-order valence-electron chi connectivity index (χ2n) is 5.98. The van der Waals surface area contributed by atoms with E-state index in [2.05, 4.69) is 11.7 Å². The molecule has 0 heterocycles. The van der Waals surface area contributed by atoms with Gasteiger partial charge in [-0.05, 0) is 56.4 Å². The highest BCUT2D eigenvalue weighted by atomic mass is 16.6. The van der Waals surface area contributed by atoms with Crippen molar-refractivity contribution < 1.29 is 28.5 Å². The third-order valence-corrected chi connectivity index (χ3v) is 3.91. The fourth-order valence-electron chi connectivity index (χ4n) is 2.36. The van der Waals surface area contributed by atoms with Crippen LogP contribution in [0.3, 0.4) is 0 Å². The molecule has 0 amide bonds. The number of benzene rings is 1. The van der Waals surface area contributed by atoms with E-state index in [9.17, 15) is 9.59 Å². The Bertz CT molecular complexity index is 526. The Balaban J connectivity index is 2.35. The lowest BCUT2D eigenvalue weighted by molar-refractivity contribution is -0.149. The van der Waals surface area contributed by atoms with Gasteiger partial charge in [0, 0.05) is 6.42 Å². The van der Waals surface area contributed by atoms with Crippen molar-refractivity contribution in [3.8, 4) is 11.5 Å². The zero-order valence-corrected chi connectivity index (χ0v) is 16.0. The number of methoxy groups -OCH3 is 2. The van der Waals surface area contributed by atoms with E-state index in [4.69, 9.17) is 14.2 Å². The summed E-state index contributed by atoms with van der Waals surface area (Å²) in [5.74, 6) is 0.826. The average Bonchev–Trinajstić information content (AvgIpc) is 2.67. The molecule has 0 saturated heterocycles. The van der Waals surface area contributed by atoms with Crippen LogP contribution in [0.15, 0.2) is 24.3 Å². The van der Waals surface area contributed by atoms with Crippen molar-refractivity contribution in [2.75, 3.05) is 20.8 Å². The minimum absolute atomic E-state index is 0.175. The number of esters is 2. The Morgan fingerprint density at radius 2 is 1.62 bits per heavy atom. The van der Waals surface area contributed by atoms with E-state index in [0.717, 1.165) is 37.9 Å². The fourth-order valence-corrected chi connectivity index (χ4v) is 2.36. The van der Waals surface area contributed by atoms with Gasteiger partial charge in [-0.1, -0.05) is 13.3 Å². The lowest BCUT2D eigenvalue weighted by atomic mass is 10.1. The van der Waals surface area contributed by atoms with Crippen LogP contribution in [-0.4, -0.2) is 38.9 Å². The van der Waals surface area contributed by atoms with E-state index >= 15 is 0 Å². The van der Waals surface area contributed by atoms with E-state index in [-0.39, 0.29) is 11.9 Å². The molecule has 1 rings (SSSR count). The SMILES string of the molecule is CCCCC(Oc1ccc(OCCCCCC(=O)OC)cc1)C(=O)OC. The van der Waals surface area contributed by atoms with Crippen LogP contribution < -0.4 is 9.47 Å². The van der Waals surface area contributed by atoms with E-state index in [0.29, 0.717) is 25.2 Å². The Hall–Kier alpha value is -2.24. The molecule has 0 bridgehead atoms. The molecule has 0 radical (unpaired) electrons. The molecule has 0 fully saturated rings. The highest BCUT2D eigenvalue weighted by Gasteiger charge is 2.20. The van der Waals surface area contributed by atoms with Gasteiger partial charge in [-0.3, -0.25) is 4.79 Å². The van der Waals surface area contributed by atoms with E-state index in [1.165, 1.54) is 14.2 Å². The third kappa shape index (κ3) is 8.74. The van der Waals surface area contributed by atoms with Gasteiger partial charge in [0.2, 0.25) is 0 Å². The maximum Gasteiger partial charge on any atom is 0.347 e. The van der Waals surface area contributed by atoms with Crippen LogP contribution in [0, 0.1) is 0 Å². The normalized spacial score (nSPS) is 11.5. The fraction of sp³-hybridized carbons (Fsp3) is 0.600. The number of rotatable bonds is 13. The van der Waals surface area contributed by atoms with Gasteiger partial charge in [0.15, 0.2) is 6.10 Å². The van der Waals surface area contributed by atoms with Gasteiger partial charge < -0.3 is 18.9 Å². The molecule has 0 saturated carbocycles. The summed E-state index contributed by atoms with van der Waals surface area (Å²) in [5, 5.41) is 0. The predicted octanol–water partition coefficient (Wildman–Crippen LogP) is 3.91. The van der Waals surface area contributed by atoms with Gasteiger partial charge in [0.1, 0.15) is 11.5 Å². The first-order valence-corrected chi connectivity index (χ1v) is 9.14. The molecule has 0 aliphatic carbocycles. The van der Waals surface area contributed by atoms with Crippen molar-refractivity contribution in [3.63, 3.8) is 0 Å². The Kier molecular flexibility index (Phi) is 10.9. The second-order valence-corrected chi connectivity index (χ2v) is 5.98. The number of hydrogen-bond donors (Lipinski definition) is 0. The molecule has 6 nitrogen and oxygen atoms in total. The highest BCUT2D eigenvalue weighted by molar-refractivity contribution is 5.74. The van der Waals surface area contributed by atoms with Crippen molar-refractivity contribution in [2.24, 2.45) is 0 Å². The zero-order valence-electron chi connectivity index (χ0n) is 16.0. The lowest BCUT2D eigenvalue weighted by Crippen LogP contribution is -2.28. The van der Waals surface area contributed by atoms with Gasteiger partial charge >= 0.3 is 11.9 Å². The second kappa shape index (κ2) is 13.0. The van der Waals surface area contributed by atoms with E-state index in [1.807, 2.05) is 12.1 Å². The molecule has 26 heavy (non-hydrogen) atoms. The van der Waals surface area contributed by atoms with Crippen molar-refractivity contribution in [1.29, 1.82) is 0 Å². The number of carbonyl (C=O) groups is 2. The summed E-state index contributed by atoms with van der Waals surface area (Å²) in [6.07, 6.45) is 4.97. The van der Waals surface area contributed by atoms with Gasteiger partial charge in [0.25, 0.3) is 0 Å². The molecule has 0 aromatic heterocycles. The summed E-state index contributed by atoms with van der Waals surface area (Å²) in [7, 11) is 2.77. The van der Waals surface area contributed by atoms with Crippen LogP contribution in [0.25, 0.3) is 0 Å². The van der Waals surface area contributed by atoms with Crippen molar-refractivity contribution >= 4 is 11.9 Å². The zero-order chi connectivity index (χ0) is 19.2. The standard InChI is InChI=1S/C20H30O6/c1-4-5-9-18(20(22)24-3)26-17-13-11-16(12-14-17)25-15-8-6-7-10-19(21)23-2/h11-14,18H,4-10,15H2,1-3H3. The topological polar surface area (TPSA) is 71.1 Å². The van der Waals surface area contributed by atoms with Crippen LogP contribution in [-0.2, 0) is 19.1 Å². The molecular weight excluding hydrogens is 336 g/mol. The quantitative estimate of drug-likeness (QED) is 0.389. The molecule has 1 atom stereocenters. The van der Waals surface area contributed by atoms with Crippen LogP contribution in [0.2, 0.25) is 0 Å². The van der Waals surface area contributed by atoms with E-state index < -0.39 is 6.10 Å². The molecule has 146 valence electrons. The highest BCUT2D eigenvalue weighted by Crippen LogP contribution is 2.20. The summed E-state index contributed by atoms with van der Waals surface area (Å²) in [6, 6.07) is 7.21. The van der Waals surface area contributed by atoms with Crippen molar-refractivity contribution in [1.82, 2.24) is 0 Å². The van der Waals surface area contributed by atoms with Crippen LogP contribution in [0.4, 0.5) is 0 Å². The molecule has 0 spiro atoms. The first-order chi connectivity index (χ1) is 12.6. The smallest absolute Gasteiger partial charge is 0.347 e. The number of unbranched alkanes of at least 4 members (excludes halogenated alkanes) is 3. The first kappa shape index (κ1) is 21.8. The molecule has 0 aliphatic heterocycles. The maximum atomic E-state index is 11.8. The average molecular weight is 366 g/mol. The largest absolute Gasteiger partial charge is 0.494 e. The summed E-state index contributed by atoms with van der Waals surface area (Å²) in [4.78, 5) is 22.8. The van der Waals surface area contributed by atoms with Crippen molar-refractivity contribution in [2.45, 2.75) is 58.0 Å². The molecule has 1 unspecified atom stereocenters. The molecule has 1 aromatic carbocycles. The first-order valence-electron chi connectivity index (χ1n) is 9.14. The summed E-state index contributed by atoms with van der Waals surface area (Å²) in [5.41, 5.74) is 0. The van der Waals surface area contributed by atoms with Crippen LogP contribution in [0.1, 0.15) is 51.9 Å². The number of ether oxygens (including phenoxy) is 4. The van der Waals surface area contributed by atoms with Crippen LogP contribution >= 0.6 is 0 Å².